The lowest BCUT2D eigenvalue weighted by molar-refractivity contribution is 0.719. The van der Waals surface area contributed by atoms with Crippen LogP contribution in [0.4, 0.5) is 5.82 Å². The topological polar surface area (TPSA) is 29.0 Å². The predicted octanol–water partition coefficient (Wildman–Crippen LogP) is 3.63. The number of aryl methyl sites for hydroxylation is 1. The minimum Gasteiger partial charge on any atom is -0.356 e. The van der Waals surface area contributed by atoms with Crippen LogP contribution in [-0.2, 0) is 19.3 Å². The van der Waals surface area contributed by atoms with Gasteiger partial charge in [0.2, 0.25) is 0 Å². The highest BCUT2D eigenvalue weighted by molar-refractivity contribution is 5.52. The molecule has 1 aliphatic heterocycles. The van der Waals surface area contributed by atoms with Crippen molar-refractivity contribution in [3.8, 4) is 0 Å². The van der Waals surface area contributed by atoms with Crippen LogP contribution in [-0.4, -0.2) is 23.1 Å². The van der Waals surface area contributed by atoms with E-state index in [0.29, 0.717) is 0 Å². The van der Waals surface area contributed by atoms with Gasteiger partial charge in [0.15, 0.2) is 0 Å². The molecule has 1 aromatic heterocycles. The van der Waals surface area contributed by atoms with Crippen LogP contribution in [0, 0.1) is 5.92 Å². The van der Waals surface area contributed by atoms with E-state index < -0.39 is 0 Å². The number of allylic oxidation sites excluding steroid dienone is 2. The van der Waals surface area contributed by atoms with Crippen molar-refractivity contribution >= 4 is 5.82 Å². The van der Waals surface area contributed by atoms with Gasteiger partial charge in [-0.3, -0.25) is 0 Å². The van der Waals surface area contributed by atoms with Gasteiger partial charge in [-0.25, -0.2) is 9.97 Å². The van der Waals surface area contributed by atoms with Gasteiger partial charge >= 0.3 is 0 Å². The number of aromatic nitrogens is 2. The monoisotopic (exact) mass is 295 g/mol. The average molecular weight is 295 g/mol. The molecule has 0 spiro atoms. The molecule has 1 saturated heterocycles. The molecule has 3 nitrogen and oxygen atoms in total. The van der Waals surface area contributed by atoms with E-state index in [0.717, 1.165) is 50.5 Å². The molecule has 1 fully saturated rings. The van der Waals surface area contributed by atoms with E-state index in [2.05, 4.69) is 24.5 Å². The van der Waals surface area contributed by atoms with Gasteiger partial charge in [-0.2, -0.15) is 0 Å². The van der Waals surface area contributed by atoms with E-state index in [1.807, 2.05) is 0 Å². The van der Waals surface area contributed by atoms with Crippen molar-refractivity contribution in [3.63, 3.8) is 0 Å². The Morgan fingerprint density at radius 3 is 3.00 bits per heavy atom. The van der Waals surface area contributed by atoms with Crippen molar-refractivity contribution in [1.82, 2.24) is 9.97 Å². The number of nitrogens with zero attached hydrogens (tertiary/aromatic N) is 3. The maximum atomic E-state index is 4.94. The van der Waals surface area contributed by atoms with Crippen LogP contribution in [0.25, 0.3) is 0 Å². The van der Waals surface area contributed by atoms with E-state index >= 15 is 0 Å². The average Bonchev–Trinajstić information content (AvgIpc) is 3.28. The van der Waals surface area contributed by atoms with Crippen molar-refractivity contribution in [2.24, 2.45) is 5.92 Å². The Labute approximate surface area is 133 Å². The highest BCUT2D eigenvalue weighted by Crippen LogP contribution is 2.39. The third-order valence-corrected chi connectivity index (χ3v) is 5.27. The summed E-state index contributed by atoms with van der Waals surface area (Å²) in [6.07, 6.45) is 10.2. The Morgan fingerprint density at radius 1 is 1.23 bits per heavy atom. The Hall–Kier alpha value is -1.64. The summed E-state index contributed by atoms with van der Waals surface area (Å²) >= 11 is 0. The summed E-state index contributed by atoms with van der Waals surface area (Å²) in [6, 6.07) is 0. The number of anilines is 1. The molecule has 0 aromatic carbocycles. The Morgan fingerprint density at radius 2 is 2.14 bits per heavy atom. The zero-order valence-corrected chi connectivity index (χ0v) is 13.6. The zero-order chi connectivity index (χ0) is 15.1. The number of rotatable bonds is 2. The first-order chi connectivity index (χ1) is 10.7. The maximum absolute atomic E-state index is 4.94. The molecular formula is C19H25N3. The quantitative estimate of drug-likeness (QED) is 0.616. The van der Waals surface area contributed by atoms with Crippen LogP contribution in [0.3, 0.4) is 0 Å². The molecule has 1 atom stereocenters. The molecule has 3 aliphatic rings. The highest BCUT2D eigenvalue weighted by Gasteiger charge is 2.30. The van der Waals surface area contributed by atoms with Gasteiger partial charge in [-0.05, 0) is 38.0 Å². The molecule has 0 radical (unpaired) electrons. The van der Waals surface area contributed by atoms with Gasteiger partial charge in [-0.15, -0.1) is 0 Å². The van der Waals surface area contributed by atoms with Crippen LogP contribution in [0.15, 0.2) is 23.8 Å². The molecule has 0 saturated carbocycles. The first-order valence-corrected chi connectivity index (χ1v) is 8.75. The molecule has 0 amide bonds. The Balaban J connectivity index is 1.71. The standard InChI is InChI=1S/C19H25N3/c1-3-18-20-17-11-13(2)5-4-6-16(17)19(21-18)22-9-7-14-12-15(14)8-10-22/h12,14H,2-11H2,1H3. The Kier molecular flexibility index (Phi) is 3.51. The van der Waals surface area contributed by atoms with Crippen LogP contribution in [0.5, 0.6) is 0 Å². The van der Waals surface area contributed by atoms with E-state index in [-0.39, 0.29) is 0 Å². The van der Waals surface area contributed by atoms with Gasteiger partial charge in [-0.1, -0.05) is 30.7 Å². The minimum atomic E-state index is 0.802. The van der Waals surface area contributed by atoms with Crippen molar-refractivity contribution in [3.05, 3.63) is 40.9 Å². The van der Waals surface area contributed by atoms with Crippen molar-refractivity contribution < 1.29 is 0 Å². The van der Waals surface area contributed by atoms with E-state index in [9.17, 15) is 0 Å². The number of hydrogen-bond donors (Lipinski definition) is 0. The van der Waals surface area contributed by atoms with Crippen molar-refractivity contribution in [1.29, 1.82) is 0 Å². The second-order valence-corrected chi connectivity index (χ2v) is 6.90. The first-order valence-electron chi connectivity index (χ1n) is 8.75. The fourth-order valence-corrected chi connectivity index (χ4v) is 3.86. The lowest BCUT2D eigenvalue weighted by atomic mass is 10.1. The Bertz CT molecular complexity index is 644. The predicted molar refractivity (Wildman–Crippen MR) is 90.2 cm³/mol. The second kappa shape index (κ2) is 5.53. The fourth-order valence-electron chi connectivity index (χ4n) is 3.86. The molecule has 1 unspecified atom stereocenters. The summed E-state index contributed by atoms with van der Waals surface area (Å²) < 4.78 is 0. The third kappa shape index (κ3) is 2.57. The molecule has 116 valence electrons. The van der Waals surface area contributed by atoms with Gasteiger partial charge in [0, 0.05) is 31.5 Å². The van der Waals surface area contributed by atoms with Crippen molar-refractivity contribution in [2.45, 2.75) is 51.9 Å². The van der Waals surface area contributed by atoms with Gasteiger partial charge < -0.3 is 4.90 Å². The SMILES string of the molecule is C=C1CCCc2c(nc(CC)nc2N2CCC3=CC3CC2)C1. The van der Waals surface area contributed by atoms with Gasteiger partial charge in [0.1, 0.15) is 11.6 Å². The highest BCUT2D eigenvalue weighted by atomic mass is 15.2. The molecule has 2 aliphatic carbocycles. The summed E-state index contributed by atoms with van der Waals surface area (Å²) in [5.74, 6) is 3.03. The molecule has 3 heteroatoms. The van der Waals surface area contributed by atoms with E-state index in [4.69, 9.17) is 9.97 Å². The minimum absolute atomic E-state index is 0.802. The maximum Gasteiger partial charge on any atom is 0.135 e. The molecule has 22 heavy (non-hydrogen) atoms. The third-order valence-electron chi connectivity index (χ3n) is 5.27. The van der Waals surface area contributed by atoms with E-state index in [1.165, 1.54) is 41.9 Å². The van der Waals surface area contributed by atoms with Crippen LogP contribution in [0.1, 0.15) is 49.7 Å². The molecular weight excluding hydrogens is 270 g/mol. The smallest absolute Gasteiger partial charge is 0.135 e. The lowest BCUT2D eigenvalue weighted by Crippen LogP contribution is -2.28. The first kappa shape index (κ1) is 14.0. The largest absolute Gasteiger partial charge is 0.356 e. The summed E-state index contributed by atoms with van der Waals surface area (Å²) in [4.78, 5) is 12.3. The number of hydrogen-bond acceptors (Lipinski definition) is 3. The number of fused-ring (bicyclic) bond motifs is 2. The summed E-state index contributed by atoms with van der Waals surface area (Å²) in [7, 11) is 0. The summed E-state index contributed by atoms with van der Waals surface area (Å²) in [5, 5.41) is 0. The second-order valence-electron chi connectivity index (χ2n) is 6.90. The fraction of sp³-hybridized carbons (Fsp3) is 0.579. The van der Waals surface area contributed by atoms with Crippen LogP contribution >= 0.6 is 0 Å². The molecule has 0 bridgehead atoms. The summed E-state index contributed by atoms with van der Waals surface area (Å²) in [5.41, 5.74) is 5.65. The van der Waals surface area contributed by atoms with Crippen LogP contribution in [0.2, 0.25) is 0 Å². The van der Waals surface area contributed by atoms with Gasteiger partial charge in [0.25, 0.3) is 0 Å². The summed E-state index contributed by atoms with van der Waals surface area (Å²) in [6.45, 7) is 8.63. The van der Waals surface area contributed by atoms with Crippen LogP contribution < -0.4 is 4.90 Å². The normalized spacial score (nSPS) is 24.0. The lowest BCUT2D eigenvalue weighted by Gasteiger charge is -2.26. The van der Waals surface area contributed by atoms with E-state index in [1.54, 1.807) is 5.57 Å². The van der Waals surface area contributed by atoms with Gasteiger partial charge in [0.05, 0.1) is 5.69 Å². The zero-order valence-electron chi connectivity index (χ0n) is 13.6. The molecule has 4 rings (SSSR count). The molecule has 2 heterocycles. The van der Waals surface area contributed by atoms with Crippen molar-refractivity contribution in [2.75, 3.05) is 18.0 Å². The molecule has 1 aromatic rings. The molecule has 0 N–H and O–H groups in total.